The van der Waals surface area contributed by atoms with Crippen molar-refractivity contribution in [2.24, 2.45) is 0 Å². The Balaban J connectivity index is 2.79. The van der Waals surface area contributed by atoms with E-state index >= 15 is 0 Å². The number of phenols is 2. The molecule has 0 unspecified atom stereocenters. The van der Waals surface area contributed by atoms with Crippen LogP contribution in [0.5, 0.6) is 11.5 Å². The van der Waals surface area contributed by atoms with Gasteiger partial charge in [-0.15, -0.1) is 0 Å². The highest BCUT2D eigenvalue weighted by molar-refractivity contribution is 5.45. The van der Waals surface area contributed by atoms with E-state index in [1.54, 1.807) is 0 Å². The van der Waals surface area contributed by atoms with Gasteiger partial charge in [0.25, 0.3) is 0 Å². The van der Waals surface area contributed by atoms with Crippen LogP contribution < -0.4 is 0 Å². The highest BCUT2D eigenvalue weighted by Gasteiger charge is 2.08. The minimum Gasteiger partial charge on any atom is -0.508 e. The van der Waals surface area contributed by atoms with E-state index in [-0.39, 0.29) is 24.7 Å². The Kier molecular flexibility index (Phi) is 5.08. The Morgan fingerprint density at radius 1 is 0.750 bits per heavy atom. The van der Waals surface area contributed by atoms with E-state index in [1.807, 2.05) is 0 Å². The molecule has 0 spiro atoms. The third-order valence-corrected chi connectivity index (χ3v) is 2.49. The maximum atomic E-state index is 9.69. The van der Waals surface area contributed by atoms with Gasteiger partial charge in [-0.1, -0.05) is 0 Å². The van der Waals surface area contributed by atoms with E-state index in [0.717, 1.165) is 0 Å². The molecule has 1 aromatic carbocycles. The van der Waals surface area contributed by atoms with Gasteiger partial charge in [0.1, 0.15) is 11.5 Å². The molecule has 0 aromatic heterocycles. The van der Waals surface area contributed by atoms with Gasteiger partial charge in [-0.05, 0) is 48.9 Å². The van der Waals surface area contributed by atoms with E-state index in [9.17, 15) is 10.2 Å². The van der Waals surface area contributed by atoms with Crippen molar-refractivity contribution in [3.05, 3.63) is 23.3 Å². The van der Waals surface area contributed by atoms with Crippen molar-refractivity contribution in [2.45, 2.75) is 25.7 Å². The van der Waals surface area contributed by atoms with Crippen molar-refractivity contribution in [1.29, 1.82) is 0 Å². The van der Waals surface area contributed by atoms with E-state index in [4.69, 9.17) is 10.2 Å². The molecule has 0 aliphatic rings. The second-order valence-electron chi connectivity index (χ2n) is 3.76. The first-order chi connectivity index (χ1) is 7.69. The van der Waals surface area contributed by atoms with E-state index in [1.165, 1.54) is 12.1 Å². The smallest absolute Gasteiger partial charge is 0.119 e. The molecule has 4 nitrogen and oxygen atoms in total. The number of aliphatic hydroxyl groups is 2. The fourth-order valence-corrected chi connectivity index (χ4v) is 1.60. The lowest BCUT2D eigenvalue weighted by atomic mass is 10.0. The predicted octanol–water partition coefficient (Wildman–Crippen LogP) is 0.948. The highest BCUT2D eigenvalue weighted by atomic mass is 16.3. The lowest BCUT2D eigenvalue weighted by molar-refractivity contribution is 0.286. The molecule has 4 heteroatoms. The number of aliphatic hydroxyl groups excluding tert-OH is 2. The van der Waals surface area contributed by atoms with Crippen molar-refractivity contribution >= 4 is 0 Å². The van der Waals surface area contributed by atoms with Crippen LogP contribution in [0.4, 0.5) is 0 Å². The number of phenolic OH excluding ortho intramolecular Hbond substituents is 2. The van der Waals surface area contributed by atoms with Crippen molar-refractivity contribution in [3.63, 3.8) is 0 Å². The number of aryl methyl sites for hydroxylation is 2. The summed E-state index contributed by atoms with van der Waals surface area (Å²) in [4.78, 5) is 0. The second kappa shape index (κ2) is 6.35. The van der Waals surface area contributed by atoms with Gasteiger partial charge in [0.05, 0.1) is 0 Å². The molecular formula is C12H18O4. The van der Waals surface area contributed by atoms with E-state index in [2.05, 4.69) is 0 Å². The number of hydrogen-bond donors (Lipinski definition) is 4. The second-order valence-corrected chi connectivity index (χ2v) is 3.76. The van der Waals surface area contributed by atoms with Crippen molar-refractivity contribution in [2.75, 3.05) is 13.2 Å². The van der Waals surface area contributed by atoms with Crippen LogP contribution in [0.1, 0.15) is 24.0 Å². The zero-order valence-corrected chi connectivity index (χ0v) is 9.19. The normalized spacial score (nSPS) is 10.6. The van der Waals surface area contributed by atoms with Gasteiger partial charge in [-0.2, -0.15) is 0 Å². The van der Waals surface area contributed by atoms with Crippen LogP contribution in [0.25, 0.3) is 0 Å². The Morgan fingerprint density at radius 3 is 1.44 bits per heavy atom. The SMILES string of the molecule is OCCCc1cc(O)c(CCCO)cc1O. The third kappa shape index (κ3) is 3.40. The predicted molar refractivity (Wildman–Crippen MR) is 60.6 cm³/mol. The van der Waals surface area contributed by atoms with Gasteiger partial charge < -0.3 is 20.4 Å². The summed E-state index contributed by atoms with van der Waals surface area (Å²) in [7, 11) is 0. The molecule has 0 fully saturated rings. The zero-order valence-electron chi connectivity index (χ0n) is 9.19. The van der Waals surface area contributed by atoms with Crippen LogP contribution >= 0.6 is 0 Å². The Labute approximate surface area is 94.8 Å². The van der Waals surface area contributed by atoms with Crippen molar-refractivity contribution in [3.8, 4) is 11.5 Å². The van der Waals surface area contributed by atoms with E-state index < -0.39 is 0 Å². The summed E-state index contributed by atoms with van der Waals surface area (Å²) in [5.41, 5.74) is 1.28. The van der Waals surface area contributed by atoms with Gasteiger partial charge in [0.15, 0.2) is 0 Å². The maximum Gasteiger partial charge on any atom is 0.119 e. The van der Waals surface area contributed by atoms with Gasteiger partial charge in [0.2, 0.25) is 0 Å². The first-order valence-corrected chi connectivity index (χ1v) is 5.44. The van der Waals surface area contributed by atoms with Gasteiger partial charge >= 0.3 is 0 Å². The molecule has 0 heterocycles. The van der Waals surface area contributed by atoms with Crippen LogP contribution in [0.2, 0.25) is 0 Å². The highest BCUT2D eigenvalue weighted by Crippen LogP contribution is 2.28. The monoisotopic (exact) mass is 226 g/mol. The first kappa shape index (κ1) is 12.8. The molecule has 90 valence electrons. The minimum atomic E-state index is 0.0620. The lowest BCUT2D eigenvalue weighted by Gasteiger charge is -2.09. The Bertz CT molecular complexity index is 302. The fourth-order valence-electron chi connectivity index (χ4n) is 1.60. The van der Waals surface area contributed by atoms with Crippen LogP contribution in [0, 0.1) is 0 Å². The summed E-state index contributed by atoms with van der Waals surface area (Å²) < 4.78 is 0. The molecule has 0 aliphatic heterocycles. The van der Waals surface area contributed by atoms with Gasteiger partial charge in [0, 0.05) is 13.2 Å². The molecule has 0 saturated carbocycles. The zero-order chi connectivity index (χ0) is 12.0. The molecule has 16 heavy (non-hydrogen) atoms. The largest absolute Gasteiger partial charge is 0.508 e. The summed E-state index contributed by atoms with van der Waals surface area (Å²) >= 11 is 0. The van der Waals surface area contributed by atoms with Crippen LogP contribution in [0.3, 0.4) is 0 Å². The fraction of sp³-hybridized carbons (Fsp3) is 0.500. The molecule has 4 N–H and O–H groups in total. The molecular weight excluding hydrogens is 208 g/mol. The third-order valence-electron chi connectivity index (χ3n) is 2.49. The Morgan fingerprint density at radius 2 is 1.12 bits per heavy atom. The topological polar surface area (TPSA) is 80.9 Å². The van der Waals surface area contributed by atoms with Gasteiger partial charge in [-0.25, -0.2) is 0 Å². The molecule has 1 rings (SSSR count). The quantitative estimate of drug-likeness (QED) is 0.544. The average Bonchev–Trinajstić information content (AvgIpc) is 2.28. The first-order valence-electron chi connectivity index (χ1n) is 5.44. The summed E-state index contributed by atoms with van der Waals surface area (Å²) in [6.45, 7) is 0.124. The van der Waals surface area contributed by atoms with Crippen LogP contribution in [0.15, 0.2) is 12.1 Å². The average molecular weight is 226 g/mol. The summed E-state index contributed by atoms with van der Waals surface area (Å²) in [6.07, 6.45) is 2.19. The molecule has 0 atom stereocenters. The molecule has 0 amide bonds. The maximum absolute atomic E-state index is 9.69. The summed E-state index contributed by atoms with van der Waals surface area (Å²) in [5.74, 6) is 0.276. The summed E-state index contributed by atoms with van der Waals surface area (Å²) in [6, 6.07) is 3.05. The van der Waals surface area contributed by atoms with Crippen LogP contribution in [-0.2, 0) is 12.8 Å². The Hall–Kier alpha value is -1.26. The number of rotatable bonds is 6. The number of aromatic hydroxyl groups is 2. The van der Waals surface area contributed by atoms with Crippen molar-refractivity contribution < 1.29 is 20.4 Å². The number of benzene rings is 1. The molecule has 1 aromatic rings. The van der Waals surface area contributed by atoms with Crippen molar-refractivity contribution in [1.82, 2.24) is 0 Å². The van der Waals surface area contributed by atoms with Gasteiger partial charge in [-0.3, -0.25) is 0 Å². The summed E-state index contributed by atoms with van der Waals surface area (Å²) in [5, 5.41) is 36.7. The molecule has 0 aliphatic carbocycles. The molecule has 0 radical (unpaired) electrons. The number of hydrogen-bond acceptors (Lipinski definition) is 4. The minimum absolute atomic E-state index is 0.0620. The van der Waals surface area contributed by atoms with Crippen LogP contribution in [-0.4, -0.2) is 33.6 Å². The standard InChI is InChI=1S/C12H18O4/c13-5-1-3-9-7-12(16)10(4-2-6-14)8-11(9)15/h7-8,13-16H,1-6H2. The molecule has 0 saturated heterocycles. The van der Waals surface area contributed by atoms with E-state index in [0.29, 0.717) is 36.8 Å². The lowest BCUT2D eigenvalue weighted by Crippen LogP contribution is -1.94. The molecule has 0 bridgehead atoms.